The van der Waals surface area contributed by atoms with Crippen LogP contribution in [-0.4, -0.2) is 8.42 Å². The topological polar surface area (TPSA) is 72.2 Å². The highest BCUT2D eigenvalue weighted by Gasteiger charge is 2.21. The first kappa shape index (κ1) is 16.7. The lowest BCUT2D eigenvalue weighted by Crippen LogP contribution is -2.14. The van der Waals surface area contributed by atoms with Crippen molar-refractivity contribution in [3.05, 3.63) is 49.9 Å². The van der Waals surface area contributed by atoms with Crippen molar-refractivity contribution in [2.75, 3.05) is 10.5 Å². The zero-order valence-corrected chi connectivity index (χ0v) is 14.9. The van der Waals surface area contributed by atoms with Gasteiger partial charge in [0.15, 0.2) is 0 Å². The fourth-order valence-corrected chi connectivity index (χ4v) is 4.78. The van der Waals surface area contributed by atoms with Crippen molar-refractivity contribution in [2.24, 2.45) is 0 Å². The first-order valence-electron chi connectivity index (χ1n) is 5.43. The number of benzene rings is 2. The number of sulfonamides is 1. The van der Waals surface area contributed by atoms with Crippen molar-refractivity contribution in [2.45, 2.75) is 4.90 Å². The Morgan fingerprint density at radius 3 is 2.14 bits per heavy atom. The van der Waals surface area contributed by atoms with Gasteiger partial charge in [0.1, 0.15) is 4.90 Å². The van der Waals surface area contributed by atoms with Crippen LogP contribution < -0.4 is 10.5 Å². The van der Waals surface area contributed by atoms with E-state index in [1.165, 1.54) is 30.3 Å². The summed E-state index contributed by atoms with van der Waals surface area (Å²) in [5.41, 5.74) is 6.08. The average molecular weight is 431 g/mol. The van der Waals surface area contributed by atoms with Crippen molar-refractivity contribution >= 4 is 72.1 Å². The summed E-state index contributed by atoms with van der Waals surface area (Å²) in [5.74, 6) is 0. The Labute approximate surface area is 145 Å². The number of nitrogen functional groups attached to an aromatic ring is 1. The molecule has 3 N–H and O–H groups in total. The first-order valence-corrected chi connectivity index (χ1v) is 8.84. The van der Waals surface area contributed by atoms with E-state index in [0.717, 1.165) is 0 Å². The molecule has 0 fully saturated rings. The van der Waals surface area contributed by atoms with Gasteiger partial charge in [-0.15, -0.1) is 0 Å². The lowest BCUT2D eigenvalue weighted by molar-refractivity contribution is 0.601. The zero-order valence-electron chi connectivity index (χ0n) is 10.2. The van der Waals surface area contributed by atoms with Crippen LogP contribution in [0.3, 0.4) is 0 Å². The Morgan fingerprint density at radius 1 is 1.05 bits per heavy atom. The van der Waals surface area contributed by atoms with E-state index < -0.39 is 10.0 Å². The van der Waals surface area contributed by atoms with Crippen LogP contribution in [-0.2, 0) is 10.0 Å². The third-order valence-electron chi connectivity index (χ3n) is 2.49. The Bertz CT molecular complexity index is 789. The van der Waals surface area contributed by atoms with Gasteiger partial charge >= 0.3 is 0 Å². The van der Waals surface area contributed by atoms with Gasteiger partial charge in [0, 0.05) is 15.2 Å². The Balaban J connectivity index is 2.47. The summed E-state index contributed by atoms with van der Waals surface area (Å²) < 4.78 is 27.4. The maximum absolute atomic E-state index is 12.4. The van der Waals surface area contributed by atoms with E-state index in [-0.39, 0.29) is 20.6 Å². The molecule has 0 spiro atoms. The summed E-state index contributed by atoms with van der Waals surface area (Å²) in [5, 5.41) is 0.506. The van der Waals surface area contributed by atoms with Crippen LogP contribution in [0.1, 0.15) is 0 Å². The van der Waals surface area contributed by atoms with Crippen LogP contribution in [0.4, 0.5) is 11.4 Å². The summed E-state index contributed by atoms with van der Waals surface area (Å²) >= 11 is 20.9. The summed E-state index contributed by atoms with van der Waals surface area (Å²) in [7, 11) is -3.88. The minimum atomic E-state index is -3.88. The second-order valence-electron chi connectivity index (χ2n) is 4.04. The molecule has 0 aliphatic carbocycles. The van der Waals surface area contributed by atoms with Crippen molar-refractivity contribution in [1.29, 1.82) is 0 Å². The van der Waals surface area contributed by atoms with Crippen LogP contribution in [0.2, 0.25) is 15.1 Å². The smallest absolute Gasteiger partial charge is 0.263 e. The van der Waals surface area contributed by atoms with Gasteiger partial charge in [-0.25, -0.2) is 8.42 Å². The number of hydrogen-bond donors (Lipinski definition) is 2. The molecule has 0 bridgehead atoms. The molecule has 0 atom stereocenters. The highest BCUT2D eigenvalue weighted by atomic mass is 79.9. The predicted octanol–water partition coefficient (Wildman–Crippen LogP) is 4.79. The molecule has 112 valence electrons. The van der Waals surface area contributed by atoms with E-state index in [2.05, 4.69) is 20.7 Å². The molecule has 0 saturated heterocycles. The van der Waals surface area contributed by atoms with Crippen molar-refractivity contribution in [1.82, 2.24) is 0 Å². The van der Waals surface area contributed by atoms with E-state index in [0.29, 0.717) is 15.2 Å². The molecule has 0 aliphatic rings. The van der Waals surface area contributed by atoms with Gasteiger partial charge in [-0.05, 0) is 46.3 Å². The van der Waals surface area contributed by atoms with Crippen LogP contribution in [0, 0.1) is 0 Å². The molecule has 0 heterocycles. The third-order valence-corrected chi connectivity index (χ3v) is 5.63. The first-order chi connectivity index (χ1) is 9.70. The molecule has 0 aromatic heterocycles. The van der Waals surface area contributed by atoms with E-state index in [4.69, 9.17) is 40.5 Å². The summed E-state index contributed by atoms with van der Waals surface area (Å²) in [6.45, 7) is 0. The van der Waals surface area contributed by atoms with Gasteiger partial charge in [-0.2, -0.15) is 0 Å². The van der Waals surface area contributed by atoms with E-state index in [9.17, 15) is 8.42 Å². The van der Waals surface area contributed by atoms with Crippen LogP contribution in [0.15, 0.2) is 39.7 Å². The number of nitrogens with one attached hydrogen (secondary N) is 1. The SMILES string of the molecule is Nc1ccc(S(=O)(=O)Nc2c(Cl)cc(Cl)cc2Cl)c(Br)c1. The lowest BCUT2D eigenvalue weighted by Gasteiger charge is -2.13. The van der Waals surface area contributed by atoms with Gasteiger partial charge in [0.2, 0.25) is 0 Å². The predicted molar refractivity (Wildman–Crippen MR) is 90.8 cm³/mol. The molecule has 0 unspecified atom stereocenters. The maximum Gasteiger partial charge on any atom is 0.263 e. The molecule has 0 radical (unpaired) electrons. The highest BCUT2D eigenvalue weighted by Crippen LogP contribution is 2.36. The van der Waals surface area contributed by atoms with Gasteiger partial charge < -0.3 is 5.73 Å². The van der Waals surface area contributed by atoms with Crippen molar-refractivity contribution in [3.8, 4) is 0 Å². The molecule has 4 nitrogen and oxygen atoms in total. The molecule has 0 aliphatic heterocycles. The summed E-state index contributed by atoms with van der Waals surface area (Å²) in [4.78, 5) is 0.0128. The molecule has 2 aromatic rings. The van der Waals surface area contributed by atoms with E-state index >= 15 is 0 Å². The molecule has 9 heteroatoms. The van der Waals surface area contributed by atoms with Crippen molar-refractivity contribution < 1.29 is 8.42 Å². The quantitative estimate of drug-likeness (QED) is 0.688. The number of nitrogens with two attached hydrogens (primary N) is 1. The Kier molecular flexibility index (Phi) is 4.95. The molecule has 21 heavy (non-hydrogen) atoms. The fraction of sp³-hybridized carbons (Fsp3) is 0. The molecule has 0 amide bonds. The van der Waals surface area contributed by atoms with E-state index in [1.54, 1.807) is 0 Å². The third kappa shape index (κ3) is 3.76. The molecular formula is C12H8BrCl3N2O2S. The van der Waals surface area contributed by atoms with Crippen LogP contribution in [0.25, 0.3) is 0 Å². The Hall–Kier alpha value is -0.660. The normalized spacial score (nSPS) is 11.4. The molecule has 0 saturated carbocycles. The minimum absolute atomic E-state index is 0.0128. The van der Waals surface area contributed by atoms with Gasteiger partial charge in [-0.3, -0.25) is 4.72 Å². The monoisotopic (exact) mass is 428 g/mol. The highest BCUT2D eigenvalue weighted by molar-refractivity contribution is 9.10. The minimum Gasteiger partial charge on any atom is -0.399 e. The largest absolute Gasteiger partial charge is 0.399 e. The van der Waals surface area contributed by atoms with Crippen molar-refractivity contribution in [3.63, 3.8) is 0 Å². The van der Waals surface area contributed by atoms with Gasteiger partial charge in [-0.1, -0.05) is 34.8 Å². The fourth-order valence-electron chi connectivity index (χ4n) is 1.56. The second kappa shape index (κ2) is 6.22. The average Bonchev–Trinajstić information content (AvgIpc) is 2.33. The number of rotatable bonds is 3. The van der Waals surface area contributed by atoms with Gasteiger partial charge in [0.25, 0.3) is 10.0 Å². The standard InChI is InChI=1S/C12H8BrCl3N2O2S/c13-8-5-7(17)1-2-11(8)21(19,20)18-12-9(15)3-6(14)4-10(12)16/h1-5,18H,17H2. The number of anilines is 2. The number of hydrogen-bond acceptors (Lipinski definition) is 3. The lowest BCUT2D eigenvalue weighted by atomic mass is 10.3. The second-order valence-corrected chi connectivity index (χ2v) is 7.80. The summed E-state index contributed by atoms with van der Waals surface area (Å²) in [6, 6.07) is 7.12. The number of halogens is 4. The molecule has 2 aromatic carbocycles. The van der Waals surface area contributed by atoms with Gasteiger partial charge in [0.05, 0.1) is 15.7 Å². The van der Waals surface area contributed by atoms with Crippen LogP contribution >= 0.6 is 50.7 Å². The Morgan fingerprint density at radius 2 is 1.62 bits per heavy atom. The molecular weight excluding hydrogens is 422 g/mol. The van der Waals surface area contributed by atoms with E-state index in [1.807, 2.05) is 0 Å². The summed E-state index contributed by atoms with van der Waals surface area (Å²) in [6.07, 6.45) is 0. The maximum atomic E-state index is 12.4. The van der Waals surface area contributed by atoms with Crippen LogP contribution in [0.5, 0.6) is 0 Å². The zero-order chi connectivity index (χ0) is 15.8. The molecule has 2 rings (SSSR count).